The molecule has 0 radical (unpaired) electrons. The van der Waals surface area contributed by atoms with Crippen molar-refractivity contribution >= 4 is 50.8 Å². The van der Waals surface area contributed by atoms with Crippen LogP contribution in [0, 0.1) is 5.82 Å². The third-order valence-corrected chi connectivity index (χ3v) is 8.57. The van der Waals surface area contributed by atoms with Gasteiger partial charge in [-0.3, -0.25) is 13.9 Å². The molecular formula is C29H29Cl2FN2O6S. The van der Waals surface area contributed by atoms with Gasteiger partial charge in [-0.15, -0.1) is 0 Å². The first-order valence-electron chi connectivity index (χ1n) is 12.8. The van der Waals surface area contributed by atoms with E-state index < -0.39 is 58.4 Å². The number of aliphatic carboxylic acids is 1. The molecule has 0 aliphatic carbocycles. The minimum absolute atomic E-state index is 0.161. The molecule has 0 aromatic heterocycles. The second-order valence-corrected chi connectivity index (χ2v) is 12.5. The van der Waals surface area contributed by atoms with Gasteiger partial charge < -0.3 is 14.7 Å². The summed E-state index contributed by atoms with van der Waals surface area (Å²) in [5.74, 6) is -2.61. The molecule has 1 fully saturated rings. The predicted molar refractivity (Wildman–Crippen MR) is 155 cm³/mol. The first kappa shape index (κ1) is 30.8. The number of nitrogens with zero attached hydrogens (tertiary/aromatic N) is 2. The quantitative estimate of drug-likeness (QED) is 0.304. The molecule has 1 heterocycles. The van der Waals surface area contributed by atoms with Crippen LogP contribution in [0.25, 0.3) is 0 Å². The van der Waals surface area contributed by atoms with E-state index in [2.05, 4.69) is 0 Å². The Bertz CT molecular complexity index is 1520. The molecule has 218 valence electrons. The second kappa shape index (κ2) is 12.8. The fourth-order valence-electron chi connectivity index (χ4n) is 5.07. The van der Waals surface area contributed by atoms with Crippen LogP contribution in [0.1, 0.15) is 43.0 Å². The molecule has 12 heteroatoms. The number of halogens is 3. The number of hydrogen-bond donors (Lipinski definition) is 1. The number of amides is 1. The van der Waals surface area contributed by atoms with Crippen molar-refractivity contribution in [2.24, 2.45) is 0 Å². The van der Waals surface area contributed by atoms with Gasteiger partial charge in [0.25, 0.3) is 5.91 Å². The van der Waals surface area contributed by atoms with Gasteiger partial charge in [-0.25, -0.2) is 12.8 Å². The molecule has 1 aliphatic rings. The van der Waals surface area contributed by atoms with Crippen molar-refractivity contribution in [1.29, 1.82) is 0 Å². The van der Waals surface area contributed by atoms with Gasteiger partial charge in [0.2, 0.25) is 10.0 Å². The van der Waals surface area contributed by atoms with Crippen molar-refractivity contribution in [3.63, 3.8) is 0 Å². The Kier molecular flexibility index (Phi) is 9.59. The minimum atomic E-state index is -4.00. The lowest BCUT2D eigenvalue weighted by Gasteiger charge is -2.48. The molecule has 41 heavy (non-hydrogen) atoms. The van der Waals surface area contributed by atoms with Gasteiger partial charge in [-0.1, -0.05) is 66.5 Å². The van der Waals surface area contributed by atoms with Crippen molar-refractivity contribution in [1.82, 2.24) is 4.90 Å². The van der Waals surface area contributed by atoms with Crippen LogP contribution < -0.4 is 4.31 Å². The van der Waals surface area contributed by atoms with E-state index >= 15 is 0 Å². The van der Waals surface area contributed by atoms with Gasteiger partial charge in [0.15, 0.2) is 0 Å². The lowest BCUT2D eigenvalue weighted by atomic mass is 9.89. The summed E-state index contributed by atoms with van der Waals surface area (Å²) in [4.78, 5) is 27.3. The van der Waals surface area contributed by atoms with Crippen LogP contribution in [-0.2, 0) is 24.3 Å². The highest BCUT2D eigenvalue weighted by atomic mass is 35.5. The fourth-order valence-corrected chi connectivity index (χ4v) is 6.34. The average molecular weight is 624 g/mol. The number of carbonyl (C=O) groups is 2. The number of ether oxygens (including phenoxy) is 1. The van der Waals surface area contributed by atoms with Crippen molar-refractivity contribution in [2.45, 2.75) is 44.1 Å². The van der Waals surface area contributed by atoms with Crippen LogP contribution in [0.15, 0.2) is 72.8 Å². The van der Waals surface area contributed by atoms with Crippen LogP contribution >= 0.6 is 23.2 Å². The Morgan fingerprint density at radius 1 is 1.05 bits per heavy atom. The lowest BCUT2D eigenvalue weighted by Crippen LogP contribution is -2.58. The van der Waals surface area contributed by atoms with Crippen molar-refractivity contribution in [3.05, 3.63) is 99.8 Å². The van der Waals surface area contributed by atoms with Crippen molar-refractivity contribution in [3.8, 4) is 0 Å². The Balaban J connectivity index is 1.89. The number of carbonyl (C=O) groups excluding carboxylic acids is 1. The van der Waals surface area contributed by atoms with E-state index in [1.54, 1.807) is 55.5 Å². The van der Waals surface area contributed by atoms with E-state index in [1.807, 2.05) is 0 Å². The summed E-state index contributed by atoms with van der Waals surface area (Å²) >= 11 is 12.5. The molecule has 1 amide bonds. The van der Waals surface area contributed by atoms with Crippen LogP contribution in [0.5, 0.6) is 0 Å². The Morgan fingerprint density at radius 2 is 1.73 bits per heavy atom. The molecule has 4 rings (SSSR count). The number of rotatable bonds is 10. The van der Waals surface area contributed by atoms with Crippen molar-refractivity contribution in [2.75, 3.05) is 17.1 Å². The molecule has 8 nitrogen and oxygen atoms in total. The first-order chi connectivity index (χ1) is 19.4. The SMILES string of the molecule is CC[C@@H](CN(c1ccccc1F)S(C)(=O)=O)N1C(=O)[C@@H](CC(=O)O)O[C@H](c2cccc(Cl)c2)[C@H]1c1ccc(Cl)cc1. The van der Waals surface area contributed by atoms with Gasteiger partial charge >= 0.3 is 5.97 Å². The summed E-state index contributed by atoms with van der Waals surface area (Å²) in [5, 5.41) is 10.5. The van der Waals surface area contributed by atoms with Gasteiger partial charge in [0, 0.05) is 10.0 Å². The maximum Gasteiger partial charge on any atom is 0.306 e. The van der Waals surface area contributed by atoms with E-state index in [-0.39, 0.29) is 18.7 Å². The van der Waals surface area contributed by atoms with E-state index in [0.717, 1.165) is 16.6 Å². The largest absolute Gasteiger partial charge is 0.481 e. The third kappa shape index (κ3) is 7.01. The summed E-state index contributed by atoms with van der Waals surface area (Å²) in [6.07, 6.45) is -1.62. The molecule has 0 saturated carbocycles. The van der Waals surface area contributed by atoms with Crippen LogP contribution in [0.3, 0.4) is 0 Å². The molecule has 1 N–H and O–H groups in total. The zero-order chi connectivity index (χ0) is 29.9. The predicted octanol–water partition coefficient (Wildman–Crippen LogP) is 5.86. The maximum atomic E-state index is 14.9. The Hall–Kier alpha value is -3.18. The molecule has 1 aliphatic heterocycles. The highest BCUT2D eigenvalue weighted by Crippen LogP contribution is 2.45. The summed E-state index contributed by atoms with van der Waals surface area (Å²) in [7, 11) is -4.00. The van der Waals surface area contributed by atoms with Crippen LogP contribution in [-0.4, -0.2) is 55.2 Å². The maximum absolute atomic E-state index is 14.9. The Morgan fingerprint density at radius 3 is 2.32 bits per heavy atom. The Labute approximate surface area is 248 Å². The van der Waals surface area contributed by atoms with E-state index in [9.17, 15) is 27.5 Å². The summed E-state index contributed by atoms with van der Waals surface area (Å²) in [6.45, 7) is 1.49. The molecule has 0 unspecified atom stereocenters. The van der Waals surface area contributed by atoms with Gasteiger partial charge in [-0.2, -0.15) is 0 Å². The fraction of sp³-hybridized carbons (Fsp3) is 0.310. The standard InChI is InChI=1S/C29H29Cl2FN2O6S/c1-3-22(17-33(41(2,38)39)24-10-5-4-9-23(24)32)34-27(18-11-13-20(30)14-12-18)28(19-7-6-8-21(31)15-19)40-25(29(34)37)16-26(35)36/h4-15,22,25,27-28H,3,16-17H2,1-2H3,(H,35,36)/t22-,25+,27+,28+/m0/s1. The number of para-hydroxylation sites is 1. The zero-order valence-corrected chi connectivity index (χ0v) is 24.6. The number of anilines is 1. The highest BCUT2D eigenvalue weighted by Gasteiger charge is 2.47. The number of hydrogen-bond acceptors (Lipinski definition) is 5. The van der Waals surface area contributed by atoms with Gasteiger partial charge in [-0.05, 0) is 53.9 Å². The average Bonchev–Trinajstić information content (AvgIpc) is 2.91. The molecule has 1 saturated heterocycles. The van der Waals surface area contributed by atoms with Crippen molar-refractivity contribution < 1.29 is 32.2 Å². The van der Waals surface area contributed by atoms with Crippen LogP contribution in [0.2, 0.25) is 10.0 Å². The number of benzene rings is 3. The van der Waals surface area contributed by atoms with Gasteiger partial charge in [0.05, 0.1) is 37.0 Å². The van der Waals surface area contributed by atoms with E-state index in [4.69, 9.17) is 27.9 Å². The lowest BCUT2D eigenvalue weighted by molar-refractivity contribution is -0.183. The summed E-state index contributed by atoms with van der Waals surface area (Å²) in [6, 6.07) is 17.4. The topological polar surface area (TPSA) is 104 Å². The highest BCUT2D eigenvalue weighted by molar-refractivity contribution is 7.92. The number of carboxylic acids is 1. The second-order valence-electron chi connectivity index (χ2n) is 9.75. The number of sulfonamides is 1. The molecular weight excluding hydrogens is 594 g/mol. The normalized spacial score (nSPS) is 20.1. The molecule has 0 spiro atoms. The smallest absolute Gasteiger partial charge is 0.306 e. The molecule has 3 aromatic carbocycles. The molecule has 0 bridgehead atoms. The van der Waals surface area contributed by atoms with Gasteiger partial charge in [0.1, 0.15) is 18.0 Å². The summed E-state index contributed by atoms with van der Waals surface area (Å²) in [5.41, 5.74) is 1.05. The number of carboxylic acid groups (broad SMARTS) is 1. The van der Waals surface area contributed by atoms with E-state index in [1.165, 1.54) is 23.1 Å². The minimum Gasteiger partial charge on any atom is -0.481 e. The van der Waals surface area contributed by atoms with E-state index in [0.29, 0.717) is 21.2 Å². The first-order valence-corrected chi connectivity index (χ1v) is 15.4. The van der Waals surface area contributed by atoms with Crippen LogP contribution in [0.4, 0.5) is 10.1 Å². The molecule has 4 atom stereocenters. The zero-order valence-electron chi connectivity index (χ0n) is 22.3. The molecule has 3 aromatic rings. The number of morpholine rings is 1. The summed E-state index contributed by atoms with van der Waals surface area (Å²) < 4.78 is 47.9. The third-order valence-electron chi connectivity index (χ3n) is 6.94. The monoisotopic (exact) mass is 622 g/mol.